The highest BCUT2D eigenvalue weighted by Crippen LogP contribution is 2.26. The fourth-order valence-corrected chi connectivity index (χ4v) is 2.44. The lowest BCUT2D eigenvalue weighted by molar-refractivity contribution is 0.413. The Morgan fingerprint density at radius 1 is 1.14 bits per heavy atom. The second kappa shape index (κ2) is 7.79. The molecular formula is C18H24N2O. The maximum atomic E-state index is 5.25. The van der Waals surface area contributed by atoms with Crippen LogP contribution in [0.3, 0.4) is 0 Å². The Labute approximate surface area is 127 Å². The molecule has 21 heavy (non-hydrogen) atoms. The molecule has 0 bridgehead atoms. The van der Waals surface area contributed by atoms with Crippen molar-refractivity contribution in [1.82, 2.24) is 10.3 Å². The van der Waals surface area contributed by atoms with Crippen molar-refractivity contribution in [3.63, 3.8) is 0 Å². The van der Waals surface area contributed by atoms with Crippen molar-refractivity contribution in [2.45, 2.75) is 32.7 Å². The van der Waals surface area contributed by atoms with Crippen molar-refractivity contribution in [3.05, 3.63) is 48.3 Å². The van der Waals surface area contributed by atoms with Crippen molar-refractivity contribution < 1.29 is 4.74 Å². The highest BCUT2D eigenvalue weighted by Gasteiger charge is 2.09. The van der Waals surface area contributed by atoms with Gasteiger partial charge in [0.25, 0.3) is 0 Å². The molecule has 3 nitrogen and oxygen atoms in total. The molecule has 1 N–H and O–H groups in total. The van der Waals surface area contributed by atoms with Crippen molar-refractivity contribution in [2.75, 3.05) is 13.7 Å². The number of ether oxygens (including phenoxy) is 1. The molecule has 0 aliphatic carbocycles. The van der Waals surface area contributed by atoms with Gasteiger partial charge in [-0.3, -0.25) is 4.98 Å². The number of methoxy groups -OCH3 is 1. The third-order valence-electron chi connectivity index (χ3n) is 3.62. The van der Waals surface area contributed by atoms with Crippen LogP contribution in [0.2, 0.25) is 0 Å². The van der Waals surface area contributed by atoms with E-state index in [9.17, 15) is 0 Å². The third kappa shape index (κ3) is 4.05. The SMILES string of the molecule is CCCNC(CC)c1cccc(-c2cncc(OC)c2)c1. The number of nitrogens with zero attached hydrogens (tertiary/aromatic N) is 1. The van der Waals surface area contributed by atoms with E-state index in [1.807, 2.05) is 12.3 Å². The Hall–Kier alpha value is -1.87. The van der Waals surface area contributed by atoms with Crippen LogP contribution in [-0.4, -0.2) is 18.6 Å². The monoisotopic (exact) mass is 284 g/mol. The molecule has 1 aromatic heterocycles. The van der Waals surface area contributed by atoms with Gasteiger partial charge in [0.05, 0.1) is 13.3 Å². The number of rotatable bonds is 7. The topological polar surface area (TPSA) is 34.2 Å². The predicted octanol–water partition coefficient (Wildman–Crippen LogP) is 4.21. The number of benzene rings is 1. The summed E-state index contributed by atoms with van der Waals surface area (Å²) in [6.07, 6.45) is 5.84. The molecule has 0 amide bonds. The van der Waals surface area contributed by atoms with E-state index in [-0.39, 0.29) is 0 Å². The van der Waals surface area contributed by atoms with Crippen LogP contribution < -0.4 is 10.1 Å². The van der Waals surface area contributed by atoms with Crippen LogP contribution in [0.25, 0.3) is 11.1 Å². The van der Waals surface area contributed by atoms with Crippen LogP contribution >= 0.6 is 0 Å². The molecule has 2 aromatic rings. The molecular weight excluding hydrogens is 260 g/mol. The van der Waals surface area contributed by atoms with Crippen molar-refractivity contribution in [2.24, 2.45) is 0 Å². The quantitative estimate of drug-likeness (QED) is 0.827. The van der Waals surface area contributed by atoms with Gasteiger partial charge in [-0.25, -0.2) is 0 Å². The van der Waals surface area contributed by atoms with Gasteiger partial charge in [-0.1, -0.05) is 32.0 Å². The smallest absolute Gasteiger partial charge is 0.137 e. The van der Waals surface area contributed by atoms with Crippen LogP contribution in [0.4, 0.5) is 0 Å². The molecule has 1 aromatic carbocycles. The van der Waals surface area contributed by atoms with E-state index in [0.717, 1.165) is 30.7 Å². The van der Waals surface area contributed by atoms with E-state index in [2.05, 4.69) is 48.4 Å². The maximum Gasteiger partial charge on any atom is 0.137 e. The second-order valence-electron chi connectivity index (χ2n) is 5.15. The van der Waals surface area contributed by atoms with Gasteiger partial charge in [0, 0.05) is 17.8 Å². The number of hydrogen-bond acceptors (Lipinski definition) is 3. The lowest BCUT2D eigenvalue weighted by Crippen LogP contribution is -2.21. The Kier molecular flexibility index (Phi) is 5.76. The molecule has 0 saturated heterocycles. The Morgan fingerprint density at radius 3 is 2.71 bits per heavy atom. The zero-order valence-electron chi connectivity index (χ0n) is 13.1. The summed E-state index contributed by atoms with van der Waals surface area (Å²) in [5, 5.41) is 3.60. The molecule has 0 saturated carbocycles. The molecule has 1 unspecified atom stereocenters. The number of aromatic nitrogens is 1. The summed E-state index contributed by atoms with van der Waals surface area (Å²) in [7, 11) is 1.67. The average molecular weight is 284 g/mol. The molecule has 1 atom stereocenters. The average Bonchev–Trinajstić information content (AvgIpc) is 2.56. The number of pyridine rings is 1. The van der Waals surface area contributed by atoms with Gasteiger partial charge in [0.1, 0.15) is 5.75 Å². The van der Waals surface area contributed by atoms with Crippen LogP contribution in [0, 0.1) is 0 Å². The molecule has 0 aliphatic heterocycles. The van der Waals surface area contributed by atoms with Crippen molar-refractivity contribution >= 4 is 0 Å². The summed E-state index contributed by atoms with van der Waals surface area (Å²) in [5.74, 6) is 0.786. The van der Waals surface area contributed by atoms with Gasteiger partial charge in [-0.2, -0.15) is 0 Å². The number of nitrogens with one attached hydrogen (secondary N) is 1. The summed E-state index contributed by atoms with van der Waals surface area (Å²) in [5.41, 5.74) is 3.59. The summed E-state index contributed by atoms with van der Waals surface area (Å²) in [6, 6.07) is 11.1. The molecule has 1 heterocycles. The Morgan fingerprint density at radius 2 is 2.00 bits per heavy atom. The maximum absolute atomic E-state index is 5.25. The Bertz CT molecular complexity index is 569. The van der Waals surface area contributed by atoms with Gasteiger partial charge < -0.3 is 10.1 Å². The summed E-state index contributed by atoms with van der Waals surface area (Å²) in [4.78, 5) is 4.24. The van der Waals surface area contributed by atoms with E-state index in [0.29, 0.717) is 6.04 Å². The van der Waals surface area contributed by atoms with Gasteiger partial charge in [0.2, 0.25) is 0 Å². The lowest BCUT2D eigenvalue weighted by Gasteiger charge is -2.18. The molecule has 0 spiro atoms. The first-order valence-corrected chi connectivity index (χ1v) is 7.61. The first-order chi connectivity index (χ1) is 10.3. The fourth-order valence-electron chi connectivity index (χ4n) is 2.44. The first kappa shape index (κ1) is 15.5. The van der Waals surface area contributed by atoms with Crippen LogP contribution in [0.1, 0.15) is 38.3 Å². The molecule has 0 fully saturated rings. The minimum absolute atomic E-state index is 0.406. The van der Waals surface area contributed by atoms with Crippen molar-refractivity contribution in [3.8, 4) is 16.9 Å². The van der Waals surface area contributed by atoms with Crippen LogP contribution in [0.5, 0.6) is 5.75 Å². The second-order valence-corrected chi connectivity index (χ2v) is 5.15. The van der Waals surface area contributed by atoms with Gasteiger partial charge in [0.15, 0.2) is 0 Å². The summed E-state index contributed by atoms with van der Waals surface area (Å²) in [6.45, 7) is 5.45. The molecule has 2 rings (SSSR count). The van der Waals surface area contributed by atoms with E-state index < -0.39 is 0 Å². The first-order valence-electron chi connectivity index (χ1n) is 7.61. The standard InChI is InChI=1S/C18H24N2O/c1-4-9-20-18(5-2)15-8-6-7-14(10-15)16-11-17(21-3)13-19-12-16/h6-8,10-13,18,20H,4-5,9H2,1-3H3. The minimum atomic E-state index is 0.406. The van der Waals surface area contributed by atoms with Crippen LogP contribution in [-0.2, 0) is 0 Å². The predicted molar refractivity (Wildman–Crippen MR) is 87.6 cm³/mol. The zero-order chi connectivity index (χ0) is 15.1. The minimum Gasteiger partial charge on any atom is -0.495 e. The molecule has 3 heteroatoms. The number of hydrogen-bond donors (Lipinski definition) is 1. The van der Waals surface area contributed by atoms with E-state index in [4.69, 9.17) is 4.74 Å². The lowest BCUT2D eigenvalue weighted by atomic mass is 9.99. The van der Waals surface area contributed by atoms with Gasteiger partial charge in [-0.15, -0.1) is 0 Å². The van der Waals surface area contributed by atoms with Crippen molar-refractivity contribution in [1.29, 1.82) is 0 Å². The van der Waals surface area contributed by atoms with E-state index in [1.165, 1.54) is 11.1 Å². The zero-order valence-corrected chi connectivity index (χ0v) is 13.1. The highest BCUT2D eigenvalue weighted by atomic mass is 16.5. The highest BCUT2D eigenvalue weighted by molar-refractivity contribution is 5.64. The van der Waals surface area contributed by atoms with E-state index >= 15 is 0 Å². The normalized spacial score (nSPS) is 12.1. The van der Waals surface area contributed by atoms with Crippen LogP contribution in [0.15, 0.2) is 42.7 Å². The van der Waals surface area contributed by atoms with Gasteiger partial charge >= 0.3 is 0 Å². The summed E-state index contributed by atoms with van der Waals surface area (Å²) >= 11 is 0. The fraction of sp³-hybridized carbons (Fsp3) is 0.389. The molecule has 0 radical (unpaired) electrons. The van der Waals surface area contributed by atoms with Gasteiger partial charge in [-0.05, 0) is 42.6 Å². The third-order valence-corrected chi connectivity index (χ3v) is 3.62. The Balaban J connectivity index is 2.27. The summed E-state index contributed by atoms with van der Waals surface area (Å²) < 4.78 is 5.25. The molecule has 0 aliphatic rings. The largest absolute Gasteiger partial charge is 0.495 e. The van der Waals surface area contributed by atoms with E-state index in [1.54, 1.807) is 13.3 Å². The molecule has 112 valence electrons.